The summed E-state index contributed by atoms with van der Waals surface area (Å²) in [6, 6.07) is 0. The van der Waals surface area contributed by atoms with E-state index in [1.807, 2.05) is 27.7 Å². The van der Waals surface area contributed by atoms with Gasteiger partial charge in [-0.15, -0.1) is 0 Å². The van der Waals surface area contributed by atoms with Crippen molar-refractivity contribution in [1.29, 1.82) is 0 Å². The number of rotatable bonds is 4. The lowest BCUT2D eigenvalue weighted by molar-refractivity contribution is -0.186. The largest absolute Gasteiger partial charge is 0.393 e. The van der Waals surface area contributed by atoms with Gasteiger partial charge in [0.1, 0.15) is 11.4 Å². The Bertz CT molecular complexity index is 1050. The summed E-state index contributed by atoms with van der Waals surface area (Å²) in [6.45, 7) is 14.3. The van der Waals surface area contributed by atoms with Crippen LogP contribution in [0.3, 0.4) is 0 Å². The minimum atomic E-state index is -1.94. The first-order chi connectivity index (χ1) is 16.7. The van der Waals surface area contributed by atoms with Gasteiger partial charge in [0, 0.05) is 23.2 Å². The molecule has 0 aliphatic heterocycles. The maximum Gasteiger partial charge on any atom is 0.187 e. The normalized spacial score (nSPS) is 47.1. The van der Waals surface area contributed by atoms with Crippen LogP contribution in [-0.4, -0.2) is 66.6 Å². The number of carbonyl (C=O) groups excluding carboxylic acids is 2. The van der Waals surface area contributed by atoms with E-state index in [-0.39, 0.29) is 24.0 Å². The van der Waals surface area contributed by atoms with Crippen LogP contribution in [-0.2, 0) is 9.59 Å². The first-order valence-corrected chi connectivity index (χ1v) is 13.6. The quantitative estimate of drug-likeness (QED) is 0.285. The van der Waals surface area contributed by atoms with Crippen molar-refractivity contribution in [3.8, 4) is 0 Å². The van der Waals surface area contributed by atoms with Crippen LogP contribution in [0.1, 0.15) is 81.1 Å². The van der Waals surface area contributed by atoms with E-state index in [4.69, 9.17) is 0 Å². The number of allylic oxidation sites excluding steroid dienone is 1. The van der Waals surface area contributed by atoms with Crippen LogP contribution in [0.4, 0.5) is 0 Å². The molecule has 0 spiro atoms. The summed E-state index contributed by atoms with van der Waals surface area (Å²) >= 11 is 0. The molecule has 0 unspecified atom stereocenters. The fraction of sp³-hybridized carbons (Fsp3) is 0.800. The van der Waals surface area contributed by atoms with Crippen molar-refractivity contribution in [1.82, 2.24) is 0 Å². The van der Waals surface area contributed by atoms with E-state index in [0.717, 1.165) is 5.57 Å². The number of hydrogen-bond acceptors (Lipinski definition) is 7. The number of aliphatic hydroxyl groups excluding tert-OH is 3. The van der Waals surface area contributed by atoms with Gasteiger partial charge in [-0.05, 0) is 68.8 Å². The van der Waals surface area contributed by atoms with E-state index < -0.39 is 62.9 Å². The van der Waals surface area contributed by atoms with Crippen molar-refractivity contribution >= 4 is 11.6 Å². The molecule has 208 valence electrons. The molecule has 0 bridgehead atoms. The van der Waals surface area contributed by atoms with Crippen molar-refractivity contribution in [2.45, 2.75) is 111 Å². The minimum absolute atomic E-state index is 0.0156. The fourth-order valence-electron chi connectivity index (χ4n) is 9.15. The van der Waals surface area contributed by atoms with Gasteiger partial charge in [-0.3, -0.25) is 9.59 Å². The highest BCUT2D eigenvalue weighted by atomic mass is 16.3. The molecule has 0 saturated heterocycles. The molecule has 37 heavy (non-hydrogen) atoms. The molecule has 0 heterocycles. The zero-order valence-electron chi connectivity index (χ0n) is 23.6. The lowest BCUT2D eigenvalue weighted by Gasteiger charge is -2.65. The zero-order chi connectivity index (χ0) is 28.1. The van der Waals surface area contributed by atoms with Gasteiger partial charge in [0.15, 0.2) is 5.78 Å². The van der Waals surface area contributed by atoms with E-state index in [9.17, 15) is 35.1 Å². The summed E-state index contributed by atoms with van der Waals surface area (Å²) in [7, 11) is 0. The van der Waals surface area contributed by atoms with Crippen LogP contribution < -0.4 is 0 Å². The third-order valence-corrected chi connectivity index (χ3v) is 11.4. The van der Waals surface area contributed by atoms with Crippen LogP contribution in [0.5, 0.6) is 0 Å². The Kier molecular flexibility index (Phi) is 6.43. The van der Waals surface area contributed by atoms with Crippen LogP contribution in [0, 0.1) is 39.4 Å². The Labute approximate surface area is 220 Å². The third-order valence-electron chi connectivity index (χ3n) is 11.4. The van der Waals surface area contributed by atoms with Gasteiger partial charge in [0.25, 0.3) is 0 Å². The average Bonchev–Trinajstić information content (AvgIpc) is 2.96. The summed E-state index contributed by atoms with van der Waals surface area (Å²) in [6.07, 6.45) is 3.10. The molecule has 4 rings (SSSR count). The van der Waals surface area contributed by atoms with Crippen molar-refractivity contribution in [3.63, 3.8) is 0 Å². The predicted molar refractivity (Wildman–Crippen MR) is 139 cm³/mol. The second kappa shape index (κ2) is 8.31. The van der Waals surface area contributed by atoms with E-state index in [0.29, 0.717) is 19.3 Å². The number of fused-ring (bicyclic) bond motifs is 5. The van der Waals surface area contributed by atoms with Gasteiger partial charge >= 0.3 is 0 Å². The van der Waals surface area contributed by atoms with Crippen molar-refractivity contribution < 1.29 is 35.1 Å². The van der Waals surface area contributed by atoms with Crippen molar-refractivity contribution in [2.75, 3.05) is 0 Å². The fourth-order valence-corrected chi connectivity index (χ4v) is 9.15. The molecule has 3 fully saturated rings. The molecule has 0 aromatic heterocycles. The second-order valence-electron chi connectivity index (χ2n) is 14.4. The molecule has 0 aromatic carbocycles. The Hall–Kier alpha value is -1.38. The first kappa shape index (κ1) is 28.6. The highest BCUT2D eigenvalue weighted by Crippen LogP contribution is 2.74. The minimum Gasteiger partial charge on any atom is -0.393 e. The van der Waals surface area contributed by atoms with Crippen molar-refractivity contribution in [2.24, 2.45) is 39.4 Å². The first-order valence-electron chi connectivity index (χ1n) is 13.6. The highest BCUT2D eigenvalue weighted by molar-refractivity contribution is 5.97. The van der Waals surface area contributed by atoms with Crippen LogP contribution in [0.25, 0.3) is 0 Å². The van der Waals surface area contributed by atoms with Gasteiger partial charge < -0.3 is 25.5 Å². The molecule has 3 saturated carbocycles. The number of carbonyl (C=O) groups is 2. The monoisotopic (exact) mass is 518 g/mol. The maximum atomic E-state index is 14.2. The Morgan fingerprint density at radius 1 is 1.00 bits per heavy atom. The molecular formula is C30H46O7. The smallest absolute Gasteiger partial charge is 0.187 e. The van der Waals surface area contributed by atoms with Crippen molar-refractivity contribution in [3.05, 3.63) is 23.8 Å². The SMILES string of the molecule is CC(C)(O)/C=C/C(=O)[C@@](C)(O)[C@H]1[C@H](O)C[C@]2(C)[C@H]3CC=C4[C@@H](C[C@H](O)[C@H](O)C4(C)C)[C@]3(C)C(=O)C[C@]12C. The van der Waals surface area contributed by atoms with Gasteiger partial charge in [-0.2, -0.15) is 0 Å². The lowest BCUT2D eigenvalue weighted by atomic mass is 9.38. The standard InChI is InChI=1S/C30H46O7/c1-25(2,36)12-11-21(33)30(8,37)23-19(32)14-27(5)20-10-9-16-17(13-18(31)24(35)26(16,3)4)29(20,7)22(34)15-28(23,27)6/h9,11-12,17-20,23-24,31-32,35-37H,10,13-15H2,1-8H3/b12-11+/t17-,18+,19-,20-,23+,24+,27-,28-,29+,30-/m1/s1. The van der Waals surface area contributed by atoms with E-state index in [1.54, 1.807) is 0 Å². The Morgan fingerprint density at radius 3 is 2.16 bits per heavy atom. The molecule has 7 nitrogen and oxygen atoms in total. The molecule has 4 aliphatic carbocycles. The lowest BCUT2D eigenvalue weighted by Crippen LogP contribution is -2.65. The predicted octanol–water partition coefficient (Wildman–Crippen LogP) is 2.72. The van der Waals surface area contributed by atoms with Gasteiger partial charge in [-0.1, -0.05) is 52.3 Å². The van der Waals surface area contributed by atoms with Gasteiger partial charge in [0.05, 0.1) is 23.9 Å². The molecule has 4 aliphatic rings. The summed E-state index contributed by atoms with van der Waals surface area (Å²) in [5.41, 5.74) is -5.07. The van der Waals surface area contributed by atoms with E-state index >= 15 is 0 Å². The zero-order valence-corrected chi connectivity index (χ0v) is 23.6. The topological polar surface area (TPSA) is 135 Å². The van der Waals surface area contributed by atoms with E-state index in [1.165, 1.54) is 32.9 Å². The molecule has 10 atom stereocenters. The number of hydrogen-bond donors (Lipinski definition) is 5. The molecule has 5 N–H and O–H groups in total. The maximum absolute atomic E-state index is 14.2. The van der Waals surface area contributed by atoms with Crippen LogP contribution in [0.2, 0.25) is 0 Å². The Morgan fingerprint density at radius 2 is 1.59 bits per heavy atom. The average molecular weight is 519 g/mol. The number of ketones is 2. The molecular weight excluding hydrogens is 472 g/mol. The molecule has 7 heteroatoms. The molecule has 0 aromatic rings. The van der Waals surface area contributed by atoms with Crippen LogP contribution in [0.15, 0.2) is 23.8 Å². The second-order valence-corrected chi connectivity index (χ2v) is 14.4. The van der Waals surface area contributed by atoms with Gasteiger partial charge in [0.2, 0.25) is 0 Å². The number of Topliss-reactive ketones (excluding diaryl/α,β-unsaturated/α-hetero) is 1. The third kappa shape index (κ3) is 3.79. The van der Waals surface area contributed by atoms with Gasteiger partial charge in [-0.25, -0.2) is 0 Å². The van der Waals surface area contributed by atoms with Crippen LogP contribution >= 0.6 is 0 Å². The Balaban J connectivity index is 1.79. The van der Waals surface area contributed by atoms with E-state index in [2.05, 4.69) is 13.0 Å². The molecule has 0 radical (unpaired) electrons. The summed E-state index contributed by atoms with van der Waals surface area (Å²) in [5, 5.41) is 54.6. The summed E-state index contributed by atoms with van der Waals surface area (Å²) in [5.74, 6) is -1.88. The summed E-state index contributed by atoms with van der Waals surface area (Å²) in [4.78, 5) is 27.4. The summed E-state index contributed by atoms with van der Waals surface area (Å²) < 4.78 is 0. The molecule has 0 amide bonds. The highest BCUT2D eigenvalue weighted by Gasteiger charge is 2.74. The number of aliphatic hydroxyl groups is 5.